The number of ether oxygens (including phenoxy) is 1. The molecule has 0 atom stereocenters. The summed E-state index contributed by atoms with van der Waals surface area (Å²) in [5.74, 6) is 0.607. The zero-order valence-electron chi connectivity index (χ0n) is 11.5. The van der Waals surface area contributed by atoms with Crippen LogP contribution in [0.4, 0.5) is 0 Å². The Morgan fingerprint density at radius 1 is 0.900 bits per heavy atom. The standard InChI is InChI=1S/C15H20N2O3/c18-14-3-1-2-10-20-13-6-4-12(5-7-13)8-9-16-15(19)11-17-14/h4-7H,1-3,8-11H2,(H,16,19)(H,17,18). The average molecular weight is 276 g/mol. The molecule has 0 aromatic heterocycles. The molecule has 0 spiro atoms. The minimum Gasteiger partial charge on any atom is -0.494 e. The Labute approximate surface area is 118 Å². The van der Waals surface area contributed by atoms with Crippen molar-refractivity contribution in [3.63, 3.8) is 0 Å². The predicted octanol–water partition coefficient (Wildman–Crippen LogP) is 1.02. The number of benzene rings is 1. The Morgan fingerprint density at radius 2 is 1.70 bits per heavy atom. The Bertz CT molecular complexity index is 457. The van der Waals surface area contributed by atoms with Crippen molar-refractivity contribution in [1.82, 2.24) is 10.6 Å². The minimum atomic E-state index is -0.148. The molecule has 0 saturated heterocycles. The predicted molar refractivity (Wildman–Crippen MR) is 75.5 cm³/mol. The summed E-state index contributed by atoms with van der Waals surface area (Å²) < 4.78 is 5.61. The molecule has 5 nitrogen and oxygen atoms in total. The highest BCUT2D eigenvalue weighted by atomic mass is 16.5. The van der Waals surface area contributed by atoms with Crippen molar-refractivity contribution >= 4 is 11.8 Å². The molecule has 2 aliphatic heterocycles. The molecule has 3 rings (SSSR count). The third-order valence-electron chi connectivity index (χ3n) is 3.17. The lowest BCUT2D eigenvalue weighted by atomic mass is 10.1. The van der Waals surface area contributed by atoms with Crippen LogP contribution < -0.4 is 15.4 Å². The molecule has 20 heavy (non-hydrogen) atoms. The van der Waals surface area contributed by atoms with Gasteiger partial charge in [0.1, 0.15) is 5.75 Å². The van der Waals surface area contributed by atoms with Gasteiger partial charge in [0.2, 0.25) is 11.8 Å². The van der Waals surface area contributed by atoms with Gasteiger partial charge in [-0.05, 0) is 37.0 Å². The fourth-order valence-corrected chi connectivity index (χ4v) is 2.01. The van der Waals surface area contributed by atoms with Crippen LogP contribution in [0.1, 0.15) is 24.8 Å². The Morgan fingerprint density at radius 3 is 2.50 bits per heavy atom. The van der Waals surface area contributed by atoms with E-state index in [-0.39, 0.29) is 18.4 Å². The lowest BCUT2D eigenvalue weighted by molar-refractivity contribution is -0.126. The molecule has 0 saturated carbocycles. The monoisotopic (exact) mass is 276 g/mol. The van der Waals surface area contributed by atoms with Gasteiger partial charge in [-0.3, -0.25) is 9.59 Å². The van der Waals surface area contributed by atoms with Crippen LogP contribution in [0, 0.1) is 0 Å². The van der Waals surface area contributed by atoms with Gasteiger partial charge in [0.05, 0.1) is 13.2 Å². The minimum absolute atomic E-state index is 0.0499. The normalized spacial score (nSPS) is 18.0. The third kappa shape index (κ3) is 4.91. The first-order valence-corrected chi connectivity index (χ1v) is 6.99. The van der Waals surface area contributed by atoms with E-state index in [1.165, 1.54) is 0 Å². The van der Waals surface area contributed by atoms with Gasteiger partial charge in [-0.15, -0.1) is 0 Å². The molecule has 2 heterocycles. The quantitative estimate of drug-likeness (QED) is 0.743. The largest absolute Gasteiger partial charge is 0.494 e. The highest BCUT2D eigenvalue weighted by molar-refractivity contribution is 5.84. The number of rotatable bonds is 0. The van der Waals surface area contributed by atoms with E-state index in [1.54, 1.807) is 0 Å². The molecule has 2 N–H and O–H groups in total. The fourth-order valence-electron chi connectivity index (χ4n) is 2.01. The number of hydrogen-bond acceptors (Lipinski definition) is 3. The van der Waals surface area contributed by atoms with Crippen LogP contribution in [0.15, 0.2) is 24.3 Å². The maximum atomic E-state index is 11.5. The molecule has 108 valence electrons. The van der Waals surface area contributed by atoms with E-state index in [0.717, 1.165) is 30.6 Å². The molecule has 1 aromatic rings. The van der Waals surface area contributed by atoms with E-state index in [2.05, 4.69) is 10.6 Å². The van der Waals surface area contributed by atoms with E-state index >= 15 is 0 Å². The van der Waals surface area contributed by atoms with Gasteiger partial charge in [0.25, 0.3) is 0 Å². The van der Waals surface area contributed by atoms with Gasteiger partial charge in [-0.25, -0.2) is 0 Å². The van der Waals surface area contributed by atoms with Crippen molar-refractivity contribution in [1.29, 1.82) is 0 Å². The summed E-state index contributed by atoms with van der Waals surface area (Å²) in [7, 11) is 0. The number of carbonyl (C=O) groups excluding carboxylic acids is 2. The van der Waals surface area contributed by atoms with Crippen molar-refractivity contribution in [2.75, 3.05) is 19.7 Å². The van der Waals surface area contributed by atoms with Gasteiger partial charge in [0.15, 0.2) is 0 Å². The second kappa shape index (κ2) is 7.53. The maximum Gasteiger partial charge on any atom is 0.239 e. The van der Waals surface area contributed by atoms with Crippen LogP contribution in [0.25, 0.3) is 0 Å². The molecule has 0 unspecified atom stereocenters. The molecular weight excluding hydrogens is 256 g/mol. The number of nitrogens with one attached hydrogen (secondary N) is 2. The topological polar surface area (TPSA) is 67.4 Å². The van der Waals surface area contributed by atoms with Crippen molar-refractivity contribution < 1.29 is 14.3 Å². The lowest BCUT2D eigenvalue weighted by Gasteiger charge is -2.10. The summed E-state index contributed by atoms with van der Waals surface area (Å²) in [5, 5.41) is 5.40. The zero-order chi connectivity index (χ0) is 14.2. The second-order valence-electron chi connectivity index (χ2n) is 4.83. The van der Waals surface area contributed by atoms with Gasteiger partial charge in [-0.1, -0.05) is 12.1 Å². The molecule has 2 amide bonds. The van der Waals surface area contributed by atoms with Crippen LogP contribution in [-0.2, 0) is 16.0 Å². The molecule has 2 bridgehead atoms. The van der Waals surface area contributed by atoms with E-state index in [9.17, 15) is 9.59 Å². The summed E-state index contributed by atoms with van der Waals surface area (Å²) in [6, 6.07) is 7.90. The van der Waals surface area contributed by atoms with Gasteiger partial charge in [-0.2, -0.15) is 0 Å². The molecule has 1 aromatic carbocycles. The van der Waals surface area contributed by atoms with Gasteiger partial charge < -0.3 is 15.4 Å². The van der Waals surface area contributed by atoms with E-state index in [4.69, 9.17) is 4.74 Å². The number of hydrogen-bond donors (Lipinski definition) is 2. The SMILES string of the molecule is O=C1CCCCOc2ccc(cc2)CCNC(=O)CN1. The van der Waals surface area contributed by atoms with Crippen LogP contribution in [-0.4, -0.2) is 31.5 Å². The van der Waals surface area contributed by atoms with Crippen molar-refractivity contribution in [3.05, 3.63) is 29.8 Å². The summed E-state index contributed by atoms with van der Waals surface area (Å²) >= 11 is 0. The Hall–Kier alpha value is -2.04. The van der Waals surface area contributed by atoms with Crippen molar-refractivity contribution in [3.8, 4) is 5.75 Å². The van der Waals surface area contributed by atoms with Gasteiger partial charge in [0, 0.05) is 13.0 Å². The maximum absolute atomic E-state index is 11.5. The molecular formula is C15H20N2O3. The average Bonchev–Trinajstić information content (AvgIpc) is 2.45. The van der Waals surface area contributed by atoms with E-state index in [0.29, 0.717) is 19.6 Å². The second-order valence-corrected chi connectivity index (χ2v) is 4.83. The molecule has 5 heteroatoms. The zero-order valence-corrected chi connectivity index (χ0v) is 11.5. The summed E-state index contributed by atoms with van der Waals surface area (Å²) in [6.07, 6.45) is 2.77. The first-order chi connectivity index (χ1) is 9.74. The van der Waals surface area contributed by atoms with Crippen LogP contribution >= 0.6 is 0 Å². The first kappa shape index (κ1) is 14.4. The summed E-state index contributed by atoms with van der Waals surface area (Å²) in [6.45, 7) is 1.22. The molecule has 0 aliphatic carbocycles. The highest BCUT2D eigenvalue weighted by Crippen LogP contribution is 2.13. The summed E-state index contributed by atoms with van der Waals surface area (Å²) in [5.41, 5.74) is 1.15. The highest BCUT2D eigenvalue weighted by Gasteiger charge is 2.06. The van der Waals surface area contributed by atoms with Gasteiger partial charge >= 0.3 is 0 Å². The third-order valence-corrected chi connectivity index (χ3v) is 3.17. The summed E-state index contributed by atoms with van der Waals surface area (Å²) in [4.78, 5) is 23.0. The van der Waals surface area contributed by atoms with E-state index < -0.39 is 0 Å². The van der Waals surface area contributed by atoms with Crippen molar-refractivity contribution in [2.45, 2.75) is 25.7 Å². The fraction of sp³-hybridized carbons (Fsp3) is 0.467. The molecule has 2 aliphatic rings. The smallest absolute Gasteiger partial charge is 0.239 e. The molecule has 0 fully saturated rings. The number of carbonyl (C=O) groups is 2. The van der Waals surface area contributed by atoms with E-state index in [1.807, 2.05) is 24.3 Å². The van der Waals surface area contributed by atoms with Crippen LogP contribution in [0.5, 0.6) is 5.75 Å². The van der Waals surface area contributed by atoms with Crippen LogP contribution in [0.3, 0.4) is 0 Å². The first-order valence-electron chi connectivity index (χ1n) is 6.99. The number of fused-ring (bicyclic) bond motifs is 13. The lowest BCUT2D eigenvalue weighted by Crippen LogP contribution is -2.37. The number of amides is 2. The van der Waals surface area contributed by atoms with Crippen LogP contribution in [0.2, 0.25) is 0 Å². The Balaban J connectivity index is 1.94. The molecule has 0 radical (unpaired) electrons. The Kier molecular flexibility index (Phi) is 5.41. The van der Waals surface area contributed by atoms with Crippen molar-refractivity contribution in [2.24, 2.45) is 0 Å².